The smallest absolute Gasteiger partial charge is 0.223 e. The molecule has 1 aliphatic heterocycles. The van der Waals surface area contributed by atoms with Crippen molar-refractivity contribution in [2.45, 2.75) is 12.5 Å². The van der Waals surface area contributed by atoms with Gasteiger partial charge in [-0.2, -0.15) is 5.10 Å². The number of hydrogen-bond donors (Lipinski definition) is 3. The molecular formula is C26H28N6O3. The van der Waals surface area contributed by atoms with Crippen molar-refractivity contribution in [1.82, 2.24) is 25.0 Å². The number of ether oxygens (including phenoxy) is 1. The lowest BCUT2D eigenvalue weighted by Gasteiger charge is -2.39. The maximum atomic E-state index is 12.4. The van der Waals surface area contributed by atoms with Crippen molar-refractivity contribution in [3.05, 3.63) is 67.0 Å². The molecule has 35 heavy (non-hydrogen) atoms. The summed E-state index contributed by atoms with van der Waals surface area (Å²) in [6.07, 6.45) is 3.82. The molecule has 3 heterocycles. The van der Waals surface area contributed by atoms with Crippen molar-refractivity contribution in [2.24, 2.45) is 0 Å². The van der Waals surface area contributed by atoms with Crippen LogP contribution in [0.15, 0.2) is 67.0 Å². The number of rotatable bonds is 9. The molecule has 0 bridgehead atoms. The summed E-state index contributed by atoms with van der Waals surface area (Å²) in [6, 6.07) is 17.5. The molecule has 4 aromatic rings. The van der Waals surface area contributed by atoms with E-state index in [0.717, 1.165) is 33.7 Å². The lowest BCUT2D eigenvalue weighted by atomic mass is 10.1. The number of aromatic nitrogens is 3. The molecule has 2 aromatic heterocycles. The van der Waals surface area contributed by atoms with Crippen LogP contribution in [-0.2, 0) is 4.79 Å². The predicted octanol–water partition coefficient (Wildman–Crippen LogP) is 2.83. The number of likely N-dealkylation sites (tertiary alicyclic amines) is 1. The molecule has 0 unspecified atom stereocenters. The number of hydrogen-bond acceptors (Lipinski definition) is 7. The Kier molecular flexibility index (Phi) is 6.60. The largest absolute Gasteiger partial charge is 0.457 e. The minimum Gasteiger partial charge on any atom is -0.457 e. The van der Waals surface area contributed by atoms with Gasteiger partial charge >= 0.3 is 0 Å². The van der Waals surface area contributed by atoms with Crippen LogP contribution in [0.2, 0.25) is 0 Å². The van der Waals surface area contributed by atoms with Crippen LogP contribution in [0.3, 0.4) is 0 Å². The van der Waals surface area contributed by atoms with Gasteiger partial charge in [0.15, 0.2) is 0 Å². The number of pyridine rings is 1. The summed E-state index contributed by atoms with van der Waals surface area (Å²) < 4.78 is 7.85. The zero-order chi connectivity index (χ0) is 24.2. The number of fused-ring (bicyclic) bond motifs is 1. The molecule has 0 spiro atoms. The molecule has 0 aliphatic carbocycles. The minimum atomic E-state index is 0.0601. The number of nitrogens with zero attached hydrogens (tertiary/aromatic N) is 4. The van der Waals surface area contributed by atoms with Crippen LogP contribution in [0.1, 0.15) is 12.5 Å². The molecule has 9 heteroatoms. The van der Waals surface area contributed by atoms with Crippen molar-refractivity contribution in [3.8, 4) is 22.8 Å². The van der Waals surface area contributed by atoms with Crippen LogP contribution in [-0.4, -0.2) is 63.5 Å². The SMILES string of the molecule is Nc1cncc2c1c(-c1ccc(Oc3ccccc3)cc1)nn2C1CN(C(=O)CCNCCO)C1. The Balaban J connectivity index is 1.34. The van der Waals surface area contributed by atoms with Gasteiger partial charge in [0, 0.05) is 38.2 Å². The van der Waals surface area contributed by atoms with E-state index in [1.165, 1.54) is 0 Å². The molecule has 1 fully saturated rings. The van der Waals surface area contributed by atoms with E-state index in [0.29, 0.717) is 38.3 Å². The molecule has 0 radical (unpaired) electrons. The molecule has 2 aromatic carbocycles. The zero-order valence-corrected chi connectivity index (χ0v) is 19.3. The van der Waals surface area contributed by atoms with Gasteiger partial charge in [0.05, 0.1) is 41.6 Å². The van der Waals surface area contributed by atoms with E-state index >= 15 is 0 Å². The number of carbonyl (C=O) groups excluding carboxylic acids is 1. The number of benzene rings is 2. The molecule has 5 rings (SSSR count). The number of nitrogen functional groups attached to an aromatic ring is 1. The molecule has 180 valence electrons. The number of nitrogens with one attached hydrogen (secondary N) is 1. The fourth-order valence-corrected chi connectivity index (χ4v) is 4.27. The second kappa shape index (κ2) is 10.1. The molecule has 0 atom stereocenters. The average molecular weight is 473 g/mol. The van der Waals surface area contributed by atoms with E-state index in [-0.39, 0.29) is 18.6 Å². The summed E-state index contributed by atoms with van der Waals surface area (Å²) >= 11 is 0. The van der Waals surface area contributed by atoms with Gasteiger partial charge in [-0.3, -0.25) is 14.5 Å². The van der Waals surface area contributed by atoms with Gasteiger partial charge in [-0.05, 0) is 36.4 Å². The van der Waals surface area contributed by atoms with E-state index in [9.17, 15) is 4.79 Å². The van der Waals surface area contributed by atoms with Crippen LogP contribution in [0.25, 0.3) is 22.2 Å². The molecule has 0 saturated carbocycles. The van der Waals surface area contributed by atoms with Crippen LogP contribution in [0.4, 0.5) is 5.69 Å². The summed E-state index contributed by atoms with van der Waals surface area (Å²) in [6.45, 7) is 2.29. The monoisotopic (exact) mass is 472 g/mol. The molecular weight excluding hydrogens is 444 g/mol. The molecule has 1 saturated heterocycles. The van der Waals surface area contributed by atoms with Crippen LogP contribution in [0, 0.1) is 0 Å². The average Bonchev–Trinajstić information content (AvgIpc) is 3.23. The van der Waals surface area contributed by atoms with Crippen molar-refractivity contribution in [1.29, 1.82) is 0 Å². The van der Waals surface area contributed by atoms with Crippen LogP contribution < -0.4 is 15.8 Å². The summed E-state index contributed by atoms with van der Waals surface area (Å²) in [7, 11) is 0. The first-order chi connectivity index (χ1) is 17.1. The van der Waals surface area contributed by atoms with Gasteiger partial charge in [-0.15, -0.1) is 0 Å². The first kappa shape index (κ1) is 22.8. The number of nitrogens with two attached hydrogens (primary N) is 1. The van der Waals surface area contributed by atoms with Crippen molar-refractivity contribution < 1.29 is 14.6 Å². The Hall–Kier alpha value is -3.95. The van der Waals surface area contributed by atoms with E-state index in [2.05, 4.69) is 10.3 Å². The van der Waals surface area contributed by atoms with Gasteiger partial charge in [-0.1, -0.05) is 18.2 Å². The fourth-order valence-electron chi connectivity index (χ4n) is 4.27. The normalized spacial score (nSPS) is 13.7. The Morgan fingerprint density at radius 3 is 2.54 bits per heavy atom. The number of aliphatic hydroxyl groups is 1. The predicted molar refractivity (Wildman–Crippen MR) is 134 cm³/mol. The third kappa shape index (κ3) is 4.82. The first-order valence-corrected chi connectivity index (χ1v) is 11.7. The Labute approximate surface area is 203 Å². The highest BCUT2D eigenvalue weighted by molar-refractivity contribution is 6.01. The van der Waals surface area contributed by atoms with E-state index in [1.54, 1.807) is 12.4 Å². The van der Waals surface area contributed by atoms with E-state index in [4.69, 9.17) is 20.7 Å². The number of anilines is 1. The summed E-state index contributed by atoms with van der Waals surface area (Å²) in [5.74, 6) is 1.61. The molecule has 4 N–H and O–H groups in total. The fraction of sp³-hybridized carbons (Fsp3) is 0.269. The molecule has 1 amide bonds. The molecule has 1 aliphatic rings. The number of amides is 1. The third-order valence-corrected chi connectivity index (χ3v) is 6.12. The Bertz CT molecular complexity index is 1300. The lowest BCUT2D eigenvalue weighted by molar-refractivity contribution is -0.136. The van der Waals surface area contributed by atoms with Gasteiger partial charge < -0.3 is 25.8 Å². The maximum Gasteiger partial charge on any atom is 0.223 e. The number of aliphatic hydroxyl groups excluding tert-OH is 1. The van der Waals surface area contributed by atoms with Crippen LogP contribution in [0.5, 0.6) is 11.5 Å². The van der Waals surface area contributed by atoms with Gasteiger partial charge in [0.1, 0.15) is 17.2 Å². The Morgan fingerprint density at radius 1 is 1.06 bits per heavy atom. The quantitative estimate of drug-likeness (QED) is 0.321. The van der Waals surface area contributed by atoms with E-state index < -0.39 is 0 Å². The first-order valence-electron chi connectivity index (χ1n) is 11.7. The standard InChI is InChI=1S/C26H28N6O3/c27-22-14-29-15-23-25(22)26(18-6-8-21(9-7-18)35-20-4-2-1-3-5-20)30-32(23)19-16-31(17-19)24(34)10-11-28-12-13-33/h1-9,14-15,19,28,33H,10-13,16-17,27H2. The highest BCUT2D eigenvalue weighted by Crippen LogP contribution is 2.36. The van der Waals surface area contributed by atoms with Crippen LogP contribution >= 0.6 is 0 Å². The molecule has 9 nitrogen and oxygen atoms in total. The maximum absolute atomic E-state index is 12.4. The van der Waals surface area contributed by atoms with Gasteiger partial charge in [0.25, 0.3) is 0 Å². The summed E-state index contributed by atoms with van der Waals surface area (Å²) in [5, 5.41) is 17.6. The minimum absolute atomic E-state index is 0.0601. The Morgan fingerprint density at radius 2 is 1.80 bits per heavy atom. The number of carbonyl (C=O) groups is 1. The van der Waals surface area contributed by atoms with E-state index in [1.807, 2.05) is 64.2 Å². The number of para-hydroxylation sites is 1. The second-order valence-electron chi connectivity index (χ2n) is 8.53. The van der Waals surface area contributed by atoms with Crippen molar-refractivity contribution in [2.75, 3.05) is 38.5 Å². The lowest BCUT2D eigenvalue weighted by Crippen LogP contribution is -2.51. The topological polar surface area (TPSA) is 119 Å². The summed E-state index contributed by atoms with van der Waals surface area (Å²) in [4.78, 5) is 18.5. The second-order valence-corrected chi connectivity index (χ2v) is 8.53. The van der Waals surface area contributed by atoms with Gasteiger partial charge in [-0.25, -0.2) is 0 Å². The van der Waals surface area contributed by atoms with Gasteiger partial charge in [0.2, 0.25) is 5.91 Å². The third-order valence-electron chi connectivity index (χ3n) is 6.12. The zero-order valence-electron chi connectivity index (χ0n) is 19.3. The van der Waals surface area contributed by atoms with Crippen molar-refractivity contribution in [3.63, 3.8) is 0 Å². The summed E-state index contributed by atoms with van der Waals surface area (Å²) in [5.41, 5.74) is 9.45. The highest BCUT2D eigenvalue weighted by atomic mass is 16.5. The van der Waals surface area contributed by atoms with Crippen molar-refractivity contribution >= 4 is 22.5 Å². The highest BCUT2D eigenvalue weighted by Gasteiger charge is 2.34.